The number of thioether (sulfide) groups is 1. The standard InChI is InChI=1S/C11H13N3S2/c1-8-2-4-9(5-3-8)10(6-12)15-11-13-7-14-16-11/h2-5,7,10H,6,12H2,1H3. The number of hydrogen-bond acceptors (Lipinski definition) is 5. The van der Waals surface area contributed by atoms with Crippen molar-refractivity contribution in [1.82, 2.24) is 9.36 Å². The zero-order valence-corrected chi connectivity index (χ0v) is 10.6. The van der Waals surface area contributed by atoms with E-state index in [4.69, 9.17) is 5.73 Å². The average Bonchev–Trinajstić information content (AvgIpc) is 2.80. The van der Waals surface area contributed by atoms with E-state index >= 15 is 0 Å². The summed E-state index contributed by atoms with van der Waals surface area (Å²) in [7, 11) is 0. The van der Waals surface area contributed by atoms with E-state index in [1.54, 1.807) is 18.1 Å². The number of rotatable bonds is 4. The van der Waals surface area contributed by atoms with Crippen LogP contribution in [0.3, 0.4) is 0 Å². The van der Waals surface area contributed by atoms with Crippen molar-refractivity contribution in [3.05, 3.63) is 41.7 Å². The first-order valence-corrected chi connectivity index (χ1v) is 6.65. The minimum atomic E-state index is 0.258. The molecule has 0 aliphatic carbocycles. The van der Waals surface area contributed by atoms with Crippen LogP contribution in [0, 0.1) is 6.92 Å². The molecule has 1 aromatic carbocycles. The monoisotopic (exact) mass is 251 g/mol. The van der Waals surface area contributed by atoms with Gasteiger partial charge in [-0.1, -0.05) is 41.6 Å². The Morgan fingerprint density at radius 1 is 1.38 bits per heavy atom. The van der Waals surface area contributed by atoms with Crippen molar-refractivity contribution in [2.24, 2.45) is 5.73 Å². The van der Waals surface area contributed by atoms with Gasteiger partial charge < -0.3 is 5.73 Å². The van der Waals surface area contributed by atoms with Crippen LogP contribution >= 0.6 is 23.3 Å². The third kappa shape index (κ3) is 2.81. The molecular weight excluding hydrogens is 238 g/mol. The van der Waals surface area contributed by atoms with E-state index in [2.05, 4.69) is 40.5 Å². The van der Waals surface area contributed by atoms with E-state index in [0.29, 0.717) is 6.54 Å². The highest BCUT2D eigenvalue weighted by atomic mass is 32.2. The molecule has 1 atom stereocenters. The smallest absolute Gasteiger partial charge is 0.170 e. The van der Waals surface area contributed by atoms with Crippen molar-refractivity contribution in [2.75, 3.05) is 6.54 Å². The molecule has 2 N–H and O–H groups in total. The predicted molar refractivity (Wildman–Crippen MR) is 68.7 cm³/mol. The fraction of sp³-hybridized carbons (Fsp3) is 0.273. The molecule has 84 valence electrons. The second-order valence-corrected chi connectivity index (χ2v) is 5.69. The lowest BCUT2D eigenvalue weighted by Crippen LogP contribution is -2.09. The quantitative estimate of drug-likeness (QED) is 0.849. The van der Waals surface area contributed by atoms with Crippen molar-refractivity contribution in [2.45, 2.75) is 16.5 Å². The summed E-state index contributed by atoms with van der Waals surface area (Å²) in [6.07, 6.45) is 1.58. The molecule has 0 aliphatic heterocycles. The molecule has 0 bridgehead atoms. The van der Waals surface area contributed by atoms with Gasteiger partial charge in [0.2, 0.25) is 0 Å². The second kappa shape index (κ2) is 5.43. The average molecular weight is 251 g/mol. The Bertz CT molecular complexity index is 425. The predicted octanol–water partition coefficient (Wildman–Crippen LogP) is 2.64. The largest absolute Gasteiger partial charge is 0.329 e. The molecule has 0 saturated heterocycles. The van der Waals surface area contributed by atoms with Crippen LogP contribution < -0.4 is 5.73 Å². The number of aryl methyl sites for hydroxylation is 1. The highest BCUT2D eigenvalue weighted by Gasteiger charge is 2.12. The van der Waals surface area contributed by atoms with Crippen LogP contribution in [-0.2, 0) is 0 Å². The number of nitrogens with zero attached hydrogens (tertiary/aromatic N) is 2. The van der Waals surface area contributed by atoms with Gasteiger partial charge >= 0.3 is 0 Å². The molecule has 3 nitrogen and oxygen atoms in total. The molecule has 0 amide bonds. The molecule has 1 unspecified atom stereocenters. The highest BCUT2D eigenvalue weighted by Crippen LogP contribution is 2.34. The minimum Gasteiger partial charge on any atom is -0.329 e. The van der Waals surface area contributed by atoms with Crippen molar-refractivity contribution >= 4 is 23.3 Å². The van der Waals surface area contributed by atoms with E-state index in [9.17, 15) is 0 Å². The molecule has 5 heteroatoms. The van der Waals surface area contributed by atoms with Gasteiger partial charge in [0, 0.05) is 11.8 Å². The Labute approximate surface area is 103 Å². The highest BCUT2D eigenvalue weighted by molar-refractivity contribution is 8.01. The van der Waals surface area contributed by atoms with Crippen molar-refractivity contribution in [3.63, 3.8) is 0 Å². The molecule has 1 heterocycles. The molecule has 0 fully saturated rings. The first-order chi connectivity index (χ1) is 7.79. The molecular formula is C11H13N3S2. The Hall–Kier alpha value is -0.910. The summed E-state index contributed by atoms with van der Waals surface area (Å²) in [4.78, 5) is 4.16. The van der Waals surface area contributed by atoms with Crippen LogP contribution in [0.4, 0.5) is 0 Å². The lowest BCUT2D eigenvalue weighted by Gasteiger charge is -2.12. The molecule has 0 radical (unpaired) electrons. The molecule has 0 saturated carbocycles. The topological polar surface area (TPSA) is 51.8 Å². The van der Waals surface area contributed by atoms with E-state index in [1.807, 2.05) is 0 Å². The number of aromatic nitrogens is 2. The van der Waals surface area contributed by atoms with Crippen LogP contribution in [0.2, 0.25) is 0 Å². The summed E-state index contributed by atoms with van der Waals surface area (Å²) in [5.74, 6) is 0. The molecule has 16 heavy (non-hydrogen) atoms. The van der Waals surface area contributed by atoms with Gasteiger partial charge in [0.1, 0.15) is 6.33 Å². The zero-order valence-electron chi connectivity index (χ0n) is 8.96. The first kappa shape index (κ1) is 11.6. The van der Waals surface area contributed by atoms with Gasteiger partial charge in [-0.2, -0.15) is 4.37 Å². The first-order valence-electron chi connectivity index (χ1n) is 4.99. The maximum atomic E-state index is 5.80. The molecule has 1 aromatic heterocycles. The summed E-state index contributed by atoms with van der Waals surface area (Å²) in [5.41, 5.74) is 8.30. The molecule has 2 aromatic rings. The van der Waals surface area contributed by atoms with Crippen LogP contribution in [0.15, 0.2) is 34.9 Å². The summed E-state index contributed by atoms with van der Waals surface area (Å²) in [5, 5.41) is 0.258. The van der Waals surface area contributed by atoms with Gasteiger partial charge in [-0.25, -0.2) is 4.98 Å². The molecule has 0 aliphatic rings. The Balaban J connectivity index is 2.13. The Morgan fingerprint density at radius 3 is 2.69 bits per heavy atom. The van der Waals surface area contributed by atoms with Gasteiger partial charge in [-0.05, 0) is 24.0 Å². The molecule has 0 spiro atoms. The van der Waals surface area contributed by atoms with E-state index < -0.39 is 0 Å². The third-order valence-electron chi connectivity index (χ3n) is 2.25. The van der Waals surface area contributed by atoms with Gasteiger partial charge in [0.05, 0.1) is 0 Å². The summed E-state index contributed by atoms with van der Waals surface area (Å²) in [6, 6.07) is 8.47. The van der Waals surface area contributed by atoms with Crippen molar-refractivity contribution in [3.8, 4) is 0 Å². The van der Waals surface area contributed by atoms with Gasteiger partial charge in [0.25, 0.3) is 0 Å². The summed E-state index contributed by atoms with van der Waals surface area (Å²) < 4.78 is 4.95. The van der Waals surface area contributed by atoms with Crippen LogP contribution in [0.25, 0.3) is 0 Å². The number of nitrogens with two attached hydrogens (primary N) is 1. The van der Waals surface area contributed by atoms with E-state index in [1.165, 1.54) is 22.7 Å². The van der Waals surface area contributed by atoms with Gasteiger partial charge in [-0.3, -0.25) is 0 Å². The minimum absolute atomic E-state index is 0.258. The normalized spacial score (nSPS) is 12.6. The SMILES string of the molecule is Cc1ccc(C(CN)Sc2ncns2)cc1. The zero-order chi connectivity index (χ0) is 11.4. The van der Waals surface area contributed by atoms with E-state index in [0.717, 1.165) is 4.34 Å². The Morgan fingerprint density at radius 2 is 2.12 bits per heavy atom. The fourth-order valence-electron chi connectivity index (χ4n) is 1.37. The van der Waals surface area contributed by atoms with Crippen molar-refractivity contribution in [1.29, 1.82) is 0 Å². The van der Waals surface area contributed by atoms with Crippen molar-refractivity contribution < 1.29 is 0 Å². The van der Waals surface area contributed by atoms with Crippen LogP contribution in [0.1, 0.15) is 16.4 Å². The van der Waals surface area contributed by atoms with Crippen LogP contribution in [0.5, 0.6) is 0 Å². The van der Waals surface area contributed by atoms with Crippen LogP contribution in [-0.4, -0.2) is 15.9 Å². The maximum Gasteiger partial charge on any atom is 0.170 e. The van der Waals surface area contributed by atoms with Gasteiger partial charge in [0.15, 0.2) is 4.34 Å². The lowest BCUT2D eigenvalue weighted by molar-refractivity contribution is 0.938. The summed E-state index contributed by atoms with van der Waals surface area (Å²) >= 11 is 3.08. The fourth-order valence-corrected chi connectivity index (χ4v) is 3.04. The van der Waals surface area contributed by atoms with Gasteiger partial charge in [-0.15, -0.1) is 0 Å². The van der Waals surface area contributed by atoms with E-state index in [-0.39, 0.29) is 5.25 Å². The second-order valence-electron chi connectivity index (χ2n) is 3.46. The lowest BCUT2D eigenvalue weighted by atomic mass is 10.1. The Kier molecular flexibility index (Phi) is 3.93. The summed E-state index contributed by atoms with van der Waals surface area (Å²) in [6.45, 7) is 2.69. The maximum absolute atomic E-state index is 5.80. The number of hydrogen-bond donors (Lipinski definition) is 1. The number of benzene rings is 1. The molecule has 2 rings (SSSR count). The third-order valence-corrected chi connectivity index (χ3v) is 4.28.